The maximum Gasteiger partial charge on any atom is 0.343 e. The summed E-state index contributed by atoms with van der Waals surface area (Å²) < 4.78 is 6.72. The second-order valence-electron chi connectivity index (χ2n) is 10.5. The highest BCUT2D eigenvalue weighted by atomic mass is 16.6. The highest BCUT2D eigenvalue weighted by Gasteiger charge is 2.45. The molecule has 3 aromatic carbocycles. The van der Waals surface area contributed by atoms with Crippen LogP contribution < -0.4 is 5.56 Å². The third kappa shape index (κ3) is 5.11. The topological polar surface area (TPSA) is 142 Å². The van der Waals surface area contributed by atoms with Crippen LogP contribution in [-0.2, 0) is 28.3 Å². The molecule has 0 radical (unpaired) electrons. The summed E-state index contributed by atoms with van der Waals surface area (Å²) in [5, 5.41) is 39.6. The van der Waals surface area contributed by atoms with Crippen LogP contribution in [0.25, 0.3) is 34.4 Å². The molecule has 2 aliphatic rings. The number of aliphatic hydroxyl groups is 1. The molecule has 9 nitrogen and oxygen atoms in total. The maximum atomic E-state index is 13.0. The van der Waals surface area contributed by atoms with Crippen LogP contribution in [0.5, 0.6) is 17.2 Å². The van der Waals surface area contributed by atoms with E-state index in [9.17, 15) is 24.9 Å². The zero-order valence-electron chi connectivity index (χ0n) is 23.2. The quantitative estimate of drug-likeness (QED) is 0.169. The molecule has 7 rings (SSSR count). The smallest absolute Gasteiger partial charge is 0.343 e. The van der Waals surface area contributed by atoms with E-state index in [0.29, 0.717) is 28.9 Å². The van der Waals surface area contributed by atoms with Gasteiger partial charge in [-0.2, -0.15) is 0 Å². The molecule has 1 unspecified atom stereocenters. The Balaban J connectivity index is 0.000000168. The number of fused-ring (bicyclic) bond motifs is 5. The average Bonchev–Trinajstić information content (AvgIpc) is 3.35. The molecule has 4 N–H and O–H groups in total. The summed E-state index contributed by atoms with van der Waals surface area (Å²) in [5.41, 5.74) is 3.44. The van der Waals surface area contributed by atoms with Crippen LogP contribution in [0, 0.1) is 0 Å². The summed E-state index contributed by atoms with van der Waals surface area (Å²) >= 11 is 0. The van der Waals surface area contributed by atoms with E-state index in [0.717, 1.165) is 27.7 Å². The summed E-state index contributed by atoms with van der Waals surface area (Å²) in [6.07, 6.45) is 3.74. The van der Waals surface area contributed by atoms with Gasteiger partial charge in [0.05, 0.1) is 29.0 Å². The highest BCUT2D eigenvalue weighted by molar-refractivity contribution is 5.86. The minimum Gasteiger partial charge on any atom is -0.508 e. The third-order valence-electron chi connectivity index (χ3n) is 7.70. The van der Waals surface area contributed by atoms with Gasteiger partial charge in [-0.3, -0.25) is 4.79 Å². The highest BCUT2D eigenvalue weighted by Crippen LogP contribution is 2.38. The molecular weight excluding hydrogens is 548 g/mol. The molecule has 1 atom stereocenters. The number of hydrogen-bond acceptors (Lipinski definition) is 8. The van der Waals surface area contributed by atoms with Crippen LogP contribution in [0.3, 0.4) is 0 Å². The third-order valence-corrected chi connectivity index (χ3v) is 7.70. The number of phenols is 3. The summed E-state index contributed by atoms with van der Waals surface area (Å²) in [4.78, 5) is 29.9. The molecule has 0 amide bonds. The van der Waals surface area contributed by atoms with Crippen molar-refractivity contribution in [3.63, 3.8) is 0 Å². The monoisotopic (exact) mass is 576 g/mol. The van der Waals surface area contributed by atoms with E-state index < -0.39 is 11.6 Å². The fourth-order valence-corrected chi connectivity index (χ4v) is 5.42. The molecule has 9 heteroatoms. The van der Waals surface area contributed by atoms with Gasteiger partial charge >= 0.3 is 5.97 Å². The predicted molar refractivity (Wildman–Crippen MR) is 161 cm³/mol. The average molecular weight is 577 g/mol. The normalized spacial score (nSPS) is 16.7. The Hall–Kier alpha value is -5.41. The van der Waals surface area contributed by atoms with E-state index >= 15 is 0 Å². The van der Waals surface area contributed by atoms with Crippen molar-refractivity contribution in [3.8, 4) is 28.6 Å². The molecule has 4 heterocycles. The molecule has 0 spiro atoms. The zero-order valence-corrected chi connectivity index (χ0v) is 23.2. The molecule has 0 saturated carbocycles. The van der Waals surface area contributed by atoms with Crippen molar-refractivity contribution < 1.29 is 30.0 Å². The van der Waals surface area contributed by atoms with Gasteiger partial charge in [0.1, 0.15) is 23.9 Å². The standard InChI is InChI=1S/C20H16N2O4.C14H12O3/c1-2-20(25)14-8-16-17-12(7-11-5-3-4-6-15(11)21-17)9-22(16)18(23)13(14)10-26-19(20)24;15-12-5-3-10(4-6-12)1-2-11-7-13(16)9-14(17)8-11/h3-8,25H,2,9-10H2,1H3;1-9,15-17H. The van der Waals surface area contributed by atoms with E-state index in [4.69, 9.17) is 14.8 Å². The summed E-state index contributed by atoms with van der Waals surface area (Å²) in [5.74, 6) is -0.440. The molecule has 5 aromatic rings. The Morgan fingerprint density at radius 1 is 0.884 bits per heavy atom. The van der Waals surface area contributed by atoms with Gasteiger partial charge in [0.25, 0.3) is 5.56 Å². The van der Waals surface area contributed by atoms with Gasteiger partial charge in [0, 0.05) is 22.6 Å². The van der Waals surface area contributed by atoms with E-state index in [1.54, 1.807) is 60.0 Å². The molecule has 0 saturated heterocycles. The van der Waals surface area contributed by atoms with Crippen LogP contribution >= 0.6 is 0 Å². The molecule has 43 heavy (non-hydrogen) atoms. The van der Waals surface area contributed by atoms with Gasteiger partial charge in [-0.05, 0) is 60.0 Å². The van der Waals surface area contributed by atoms with E-state index in [1.165, 1.54) is 6.07 Å². The minimum atomic E-state index is -1.79. The predicted octanol–water partition coefficient (Wildman–Crippen LogP) is 5.05. The van der Waals surface area contributed by atoms with Gasteiger partial charge in [-0.15, -0.1) is 0 Å². The second kappa shape index (κ2) is 10.8. The number of cyclic esters (lactones) is 1. The first-order valence-electron chi connectivity index (χ1n) is 13.7. The Bertz CT molecular complexity index is 1960. The molecule has 0 bridgehead atoms. The fourth-order valence-electron chi connectivity index (χ4n) is 5.42. The number of ether oxygens (including phenoxy) is 1. The van der Waals surface area contributed by atoms with E-state index in [1.807, 2.05) is 36.4 Å². The van der Waals surface area contributed by atoms with Gasteiger partial charge in [-0.1, -0.05) is 49.4 Å². The molecular formula is C34H28N2O7. The lowest BCUT2D eigenvalue weighted by atomic mass is 9.86. The number of esters is 1. The first-order valence-corrected chi connectivity index (χ1v) is 13.7. The molecule has 216 valence electrons. The summed E-state index contributed by atoms with van der Waals surface area (Å²) in [7, 11) is 0. The van der Waals surface area contributed by atoms with Crippen molar-refractivity contribution in [1.29, 1.82) is 0 Å². The Morgan fingerprint density at radius 3 is 2.30 bits per heavy atom. The van der Waals surface area contributed by atoms with Gasteiger partial charge in [0.2, 0.25) is 0 Å². The first kappa shape index (κ1) is 27.7. The number of aromatic nitrogens is 2. The van der Waals surface area contributed by atoms with E-state index in [-0.39, 0.29) is 35.8 Å². The minimum absolute atomic E-state index is 0.0235. The van der Waals surface area contributed by atoms with Crippen LogP contribution in [0.15, 0.2) is 83.7 Å². The SMILES string of the molecule is CCC1(O)C(=O)OCc2c1cc1n(c2=O)Cc2cc3ccccc3nc2-1.Oc1ccc(C=Cc2cc(O)cc(O)c2)cc1. The Labute approximate surface area is 246 Å². The van der Waals surface area contributed by atoms with Crippen molar-refractivity contribution in [1.82, 2.24) is 9.55 Å². The Morgan fingerprint density at radius 2 is 1.58 bits per heavy atom. The van der Waals surface area contributed by atoms with Crippen molar-refractivity contribution in [2.75, 3.05) is 0 Å². The Kier molecular flexibility index (Phi) is 6.95. The number of phenolic OH excluding ortho intramolecular Hbond substituents is 3. The van der Waals surface area contributed by atoms with Crippen molar-refractivity contribution in [2.24, 2.45) is 0 Å². The number of pyridine rings is 2. The number of hydrogen-bond donors (Lipinski definition) is 4. The number of benzene rings is 3. The number of aromatic hydroxyl groups is 3. The number of carbonyl (C=O) groups excluding carboxylic acids is 1. The van der Waals surface area contributed by atoms with Crippen molar-refractivity contribution >= 4 is 29.0 Å². The van der Waals surface area contributed by atoms with Crippen LogP contribution in [0.4, 0.5) is 0 Å². The maximum absolute atomic E-state index is 13.0. The van der Waals surface area contributed by atoms with Crippen LogP contribution in [0.1, 0.15) is 41.2 Å². The molecule has 2 aromatic heterocycles. The second-order valence-corrected chi connectivity index (χ2v) is 10.5. The molecule has 0 aliphatic carbocycles. The summed E-state index contributed by atoms with van der Waals surface area (Å²) in [6.45, 7) is 2.01. The number of para-hydroxylation sites is 1. The lowest BCUT2D eigenvalue weighted by molar-refractivity contribution is -0.172. The summed E-state index contributed by atoms with van der Waals surface area (Å²) in [6, 6.07) is 22.7. The zero-order chi connectivity index (χ0) is 30.3. The molecule has 2 aliphatic heterocycles. The first-order chi connectivity index (χ1) is 20.7. The van der Waals surface area contributed by atoms with Crippen LogP contribution in [0.2, 0.25) is 0 Å². The fraction of sp³-hybridized carbons (Fsp3) is 0.147. The number of carbonyl (C=O) groups is 1. The van der Waals surface area contributed by atoms with Gasteiger partial charge < -0.3 is 29.7 Å². The lowest BCUT2D eigenvalue weighted by Gasteiger charge is -2.31. The van der Waals surface area contributed by atoms with E-state index in [2.05, 4.69) is 0 Å². The largest absolute Gasteiger partial charge is 0.508 e. The van der Waals surface area contributed by atoms with Crippen molar-refractivity contribution in [2.45, 2.75) is 32.1 Å². The van der Waals surface area contributed by atoms with Gasteiger partial charge in [-0.25, -0.2) is 9.78 Å². The van der Waals surface area contributed by atoms with Crippen LogP contribution in [-0.4, -0.2) is 35.9 Å². The van der Waals surface area contributed by atoms with Gasteiger partial charge in [0.15, 0.2) is 5.60 Å². The van der Waals surface area contributed by atoms with Crippen molar-refractivity contribution in [3.05, 3.63) is 117 Å². The molecule has 0 fully saturated rings. The lowest BCUT2D eigenvalue weighted by Crippen LogP contribution is -2.44. The number of rotatable bonds is 3. The number of nitrogens with zero attached hydrogens (tertiary/aromatic N) is 2.